The second-order valence-corrected chi connectivity index (χ2v) is 15.3. The van der Waals surface area contributed by atoms with Crippen LogP contribution < -0.4 is 0 Å². The van der Waals surface area contributed by atoms with Crippen LogP contribution in [0.4, 0.5) is 0 Å². The molecule has 2 unspecified atom stereocenters. The minimum absolute atomic E-state index is 0.0654. The number of methoxy groups -OCH3 is 1. The number of esters is 1. The molecule has 0 amide bonds. The number of hydrogen-bond acceptors (Lipinski definition) is 14. The lowest BCUT2D eigenvalue weighted by molar-refractivity contribution is -0.363. The van der Waals surface area contributed by atoms with Crippen LogP contribution in [0, 0.1) is 28.1 Å². The minimum atomic E-state index is -1.86. The van der Waals surface area contributed by atoms with Gasteiger partial charge in [-0.25, -0.2) is 4.79 Å². The molecule has 16 heteroatoms. The van der Waals surface area contributed by atoms with Crippen molar-refractivity contribution >= 4 is 23.7 Å². The molecule has 14 atom stereocenters. The Hall–Kier alpha value is -2.96. The molecule has 1 spiro atoms. The highest BCUT2D eigenvalue weighted by atomic mass is 16.8. The fraction of sp³-hybridized carbons (Fsp3) is 0.765. The van der Waals surface area contributed by atoms with Gasteiger partial charge >= 0.3 is 17.9 Å². The fourth-order valence-electron chi connectivity index (χ4n) is 9.98. The Balaban J connectivity index is 1.70. The zero-order valence-electron chi connectivity index (χ0n) is 29.1. The summed E-state index contributed by atoms with van der Waals surface area (Å²) in [6.07, 6.45) is -10.5. The van der Waals surface area contributed by atoms with Crippen molar-refractivity contribution < 1.29 is 77.9 Å². The maximum atomic E-state index is 14.8. The van der Waals surface area contributed by atoms with Gasteiger partial charge in [0.05, 0.1) is 36.1 Å². The summed E-state index contributed by atoms with van der Waals surface area (Å²) in [6, 6.07) is 1.55. The quantitative estimate of drug-likeness (QED) is 0.139. The first-order valence-electron chi connectivity index (χ1n) is 16.6. The van der Waals surface area contributed by atoms with E-state index in [2.05, 4.69) is 0 Å². The number of fused-ring (bicyclic) bond motifs is 2. The number of aliphatic hydroxyl groups is 4. The van der Waals surface area contributed by atoms with Crippen molar-refractivity contribution in [2.45, 2.75) is 128 Å². The summed E-state index contributed by atoms with van der Waals surface area (Å²) in [5, 5.41) is 63.9. The minimum Gasteiger partial charge on any atom is -0.481 e. The molecule has 280 valence electrons. The molecule has 4 fully saturated rings. The van der Waals surface area contributed by atoms with E-state index in [1.807, 2.05) is 0 Å². The standard InChI is InChI=1S/C34H48O16/c1-15(35)47-20(13-21(37)38)32(5)17-8-10-31(4,34(26(50-34)27(42)43)33(17,6)19(36)12-18(32)30(2,3)44)25(16-9-11-46-14-16)48-29-24(41)22(39)23(40)28(45-7)49-29/h9,11,14,17-18,20,22-26,28-29,39-41,44H,8,10,12-13H2,1-7H3,(H,37,38)(H,42,43)/t17-,18+,20-,22+,23+,24-,25?,26-,28+,29-,31+,32-,33+,34?/m1/s1. The van der Waals surface area contributed by atoms with Crippen molar-refractivity contribution in [2.75, 3.05) is 7.11 Å². The number of hydrogen-bond donors (Lipinski definition) is 6. The van der Waals surface area contributed by atoms with E-state index in [0.717, 1.165) is 6.92 Å². The van der Waals surface area contributed by atoms with Crippen molar-refractivity contribution in [3.05, 3.63) is 24.2 Å². The van der Waals surface area contributed by atoms with Crippen LogP contribution in [0.3, 0.4) is 0 Å². The van der Waals surface area contributed by atoms with Crippen LogP contribution in [0.2, 0.25) is 0 Å². The molecule has 1 aromatic heterocycles. The Labute approximate surface area is 288 Å². The van der Waals surface area contributed by atoms with Crippen molar-refractivity contribution in [2.24, 2.45) is 28.1 Å². The van der Waals surface area contributed by atoms with Crippen LogP contribution in [-0.2, 0) is 42.9 Å². The summed E-state index contributed by atoms with van der Waals surface area (Å²) in [4.78, 5) is 52.4. The third-order valence-electron chi connectivity index (χ3n) is 12.2. The molecule has 5 rings (SSSR count). The molecule has 4 aliphatic rings. The van der Waals surface area contributed by atoms with Crippen LogP contribution in [0.25, 0.3) is 0 Å². The lowest BCUT2D eigenvalue weighted by atomic mass is 9.37. The number of carboxylic acids is 2. The zero-order valence-corrected chi connectivity index (χ0v) is 29.1. The van der Waals surface area contributed by atoms with Crippen molar-refractivity contribution in [1.29, 1.82) is 0 Å². The third kappa shape index (κ3) is 5.59. The normalized spacial score (nSPS) is 42.7. The number of aliphatic hydroxyl groups excluding tert-OH is 3. The molecular formula is C34H48O16. The van der Waals surface area contributed by atoms with Crippen LogP contribution in [0.1, 0.15) is 78.9 Å². The van der Waals surface area contributed by atoms with Gasteiger partial charge in [0, 0.05) is 42.8 Å². The first kappa shape index (κ1) is 38.3. The predicted molar refractivity (Wildman–Crippen MR) is 166 cm³/mol. The highest BCUT2D eigenvalue weighted by Gasteiger charge is 2.86. The summed E-state index contributed by atoms with van der Waals surface area (Å²) in [5.74, 6) is -5.71. The number of ether oxygens (including phenoxy) is 5. The molecule has 2 aliphatic heterocycles. The van der Waals surface area contributed by atoms with Gasteiger partial charge in [-0.2, -0.15) is 0 Å². The molecule has 0 radical (unpaired) electrons. The van der Waals surface area contributed by atoms with Gasteiger partial charge in [0.25, 0.3) is 0 Å². The van der Waals surface area contributed by atoms with Crippen molar-refractivity contribution in [3.63, 3.8) is 0 Å². The first-order chi connectivity index (χ1) is 23.1. The number of carbonyl (C=O) groups excluding carboxylic acids is 2. The Bertz CT molecular complexity index is 1450. The summed E-state index contributed by atoms with van der Waals surface area (Å²) in [6.45, 7) is 9.04. The molecular weight excluding hydrogens is 664 g/mol. The van der Waals surface area contributed by atoms with Gasteiger partial charge in [-0.05, 0) is 45.6 Å². The Morgan fingerprint density at radius 3 is 2.20 bits per heavy atom. The van der Waals surface area contributed by atoms with Crippen LogP contribution in [0.5, 0.6) is 0 Å². The maximum absolute atomic E-state index is 14.8. The van der Waals surface area contributed by atoms with Crippen LogP contribution in [-0.4, -0.2) is 116 Å². The van der Waals surface area contributed by atoms with Gasteiger partial charge in [0.1, 0.15) is 35.8 Å². The third-order valence-corrected chi connectivity index (χ3v) is 12.2. The van der Waals surface area contributed by atoms with E-state index in [9.17, 15) is 49.8 Å². The lowest BCUT2D eigenvalue weighted by Gasteiger charge is -2.66. The van der Waals surface area contributed by atoms with Gasteiger partial charge in [-0.15, -0.1) is 0 Å². The fourth-order valence-corrected chi connectivity index (χ4v) is 9.98. The van der Waals surface area contributed by atoms with Crippen LogP contribution in [0.15, 0.2) is 23.0 Å². The summed E-state index contributed by atoms with van der Waals surface area (Å²) >= 11 is 0. The Morgan fingerprint density at radius 2 is 1.70 bits per heavy atom. The Kier molecular flexibility index (Phi) is 9.89. The second-order valence-electron chi connectivity index (χ2n) is 15.3. The van der Waals surface area contributed by atoms with E-state index in [4.69, 9.17) is 28.1 Å². The van der Waals surface area contributed by atoms with Crippen molar-refractivity contribution in [3.8, 4) is 0 Å². The number of furan rings is 1. The lowest BCUT2D eigenvalue weighted by Crippen LogP contribution is -2.72. The SMILES string of the molecule is CO[C@H]1O[C@@H](OC(c2ccoc2)[C@]2(C)CC[C@@H]3[C@@](C)([C@@H](CC(=O)O)OC(C)=O)[C@H](C(C)(C)O)CC(=O)[C@@]3(C)C23O[C@@H]3C(=O)O)[C@H](O)[C@@H](O)[C@@H]1O. The highest BCUT2D eigenvalue weighted by molar-refractivity contribution is 5.92. The number of aliphatic carboxylic acids is 2. The van der Waals surface area contributed by atoms with Crippen LogP contribution >= 0.6 is 0 Å². The van der Waals surface area contributed by atoms with Gasteiger partial charge in [0.2, 0.25) is 0 Å². The maximum Gasteiger partial charge on any atom is 0.335 e. The number of epoxide rings is 1. The number of rotatable bonds is 11. The van der Waals surface area contributed by atoms with E-state index >= 15 is 0 Å². The topological polar surface area (TPSA) is 252 Å². The Morgan fingerprint density at radius 1 is 1.06 bits per heavy atom. The summed E-state index contributed by atoms with van der Waals surface area (Å²) < 4.78 is 34.6. The number of Topliss-reactive ketones (excluding diaryl/α,β-unsaturated/α-hetero) is 1. The van der Waals surface area contributed by atoms with E-state index in [1.54, 1.807) is 26.8 Å². The molecule has 2 saturated carbocycles. The predicted octanol–water partition coefficient (Wildman–Crippen LogP) is 1.17. The molecule has 3 heterocycles. The highest BCUT2D eigenvalue weighted by Crippen LogP contribution is 2.77. The van der Waals surface area contributed by atoms with Gasteiger partial charge in [0.15, 0.2) is 18.7 Å². The number of carbonyl (C=O) groups is 4. The molecule has 0 bridgehead atoms. The molecule has 16 nitrogen and oxygen atoms in total. The smallest absolute Gasteiger partial charge is 0.335 e. The number of ketones is 1. The average Bonchev–Trinajstić information content (AvgIpc) is 3.58. The van der Waals surface area contributed by atoms with Gasteiger partial charge < -0.3 is 58.7 Å². The summed E-state index contributed by atoms with van der Waals surface area (Å²) in [5.41, 5.74) is -7.65. The van der Waals surface area contributed by atoms with E-state index in [-0.39, 0.29) is 19.3 Å². The molecule has 0 aromatic carbocycles. The molecule has 1 aromatic rings. The summed E-state index contributed by atoms with van der Waals surface area (Å²) in [7, 11) is 1.22. The first-order valence-corrected chi connectivity index (χ1v) is 16.6. The molecule has 50 heavy (non-hydrogen) atoms. The van der Waals surface area contributed by atoms with E-state index < -0.39 is 119 Å². The van der Waals surface area contributed by atoms with Gasteiger partial charge in [-0.1, -0.05) is 13.8 Å². The average molecular weight is 713 g/mol. The van der Waals surface area contributed by atoms with Gasteiger partial charge in [-0.3, -0.25) is 14.4 Å². The molecule has 6 N–H and O–H groups in total. The van der Waals surface area contributed by atoms with E-state index in [0.29, 0.717) is 5.56 Å². The van der Waals surface area contributed by atoms with E-state index in [1.165, 1.54) is 33.5 Å². The molecule has 2 saturated heterocycles. The monoisotopic (exact) mass is 712 g/mol. The second kappa shape index (κ2) is 12.9. The zero-order chi connectivity index (χ0) is 37.4. The molecule has 2 aliphatic carbocycles. The number of carboxylic acid groups (broad SMARTS) is 2. The van der Waals surface area contributed by atoms with Crippen molar-refractivity contribution in [1.82, 2.24) is 0 Å². The largest absolute Gasteiger partial charge is 0.481 e.